The van der Waals surface area contributed by atoms with Crippen LogP contribution in [0, 0.1) is 0 Å². The summed E-state index contributed by atoms with van der Waals surface area (Å²) in [5.74, 6) is 0.167. The first-order chi connectivity index (χ1) is 8.75. The number of hydrogen-bond donors (Lipinski definition) is 1. The van der Waals surface area contributed by atoms with Crippen LogP contribution in [0.5, 0.6) is 0 Å². The van der Waals surface area contributed by atoms with Crippen molar-refractivity contribution in [3.05, 3.63) is 35.2 Å². The van der Waals surface area contributed by atoms with Gasteiger partial charge in [-0.25, -0.2) is 0 Å². The molecule has 2 heterocycles. The molecule has 1 aromatic carbocycles. The summed E-state index contributed by atoms with van der Waals surface area (Å²) >= 11 is 1.64. The Hall–Kier alpha value is -1.39. The molecule has 1 amide bonds. The Morgan fingerprint density at radius 3 is 3.11 bits per heavy atom. The van der Waals surface area contributed by atoms with Crippen LogP contribution in [-0.4, -0.2) is 36.5 Å². The van der Waals surface area contributed by atoms with E-state index in [1.165, 1.54) is 4.70 Å². The number of carbonyl (C=O) groups is 1. The van der Waals surface area contributed by atoms with Crippen LogP contribution in [0.2, 0.25) is 0 Å². The molecule has 18 heavy (non-hydrogen) atoms. The van der Waals surface area contributed by atoms with E-state index in [9.17, 15) is 4.79 Å². The molecular weight excluding hydrogens is 244 g/mol. The lowest BCUT2D eigenvalue weighted by Crippen LogP contribution is -2.51. The highest BCUT2D eigenvalue weighted by Crippen LogP contribution is 2.26. The zero-order chi connectivity index (χ0) is 12.5. The van der Waals surface area contributed by atoms with Gasteiger partial charge in [-0.05, 0) is 13.0 Å². The molecule has 4 heteroatoms. The zero-order valence-corrected chi connectivity index (χ0v) is 11.2. The summed E-state index contributed by atoms with van der Waals surface area (Å²) in [6, 6.07) is 8.49. The number of piperazine rings is 1. The monoisotopic (exact) mass is 260 g/mol. The molecule has 0 saturated carbocycles. The van der Waals surface area contributed by atoms with Gasteiger partial charge >= 0.3 is 0 Å². The topological polar surface area (TPSA) is 32.3 Å². The molecule has 1 atom stereocenters. The number of benzene rings is 1. The van der Waals surface area contributed by atoms with E-state index in [1.807, 2.05) is 28.5 Å². The van der Waals surface area contributed by atoms with Gasteiger partial charge < -0.3 is 10.2 Å². The second kappa shape index (κ2) is 4.71. The minimum atomic E-state index is 0.167. The summed E-state index contributed by atoms with van der Waals surface area (Å²) in [6.45, 7) is 4.59. The molecule has 0 spiro atoms. The van der Waals surface area contributed by atoms with Gasteiger partial charge in [0.2, 0.25) is 0 Å². The average Bonchev–Trinajstić information content (AvgIpc) is 2.82. The summed E-state index contributed by atoms with van der Waals surface area (Å²) in [4.78, 5) is 14.5. The predicted octanol–water partition coefficient (Wildman–Crippen LogP) is 2.34. The Labute approximate surface area is 110 Å². The highest BCUT2D eigenvalue weighted by molar-refractivity contribution is 7.17. The highest BCUT2D eigenvalue weighted by Gasteiger charge is 2.23. The minimum Gasteiger partial charge on any atom is -0.336 e. The average molecular weight is 260 g/mol. The van der Waals surface area contributed by atoms with E-state index in [-0.39, 0.29) is 5.91 Å². The van der Waals surface area contributed by atoms with Crippen molar-refractivity contribution in [3.63, 3.8) is 0 Å². The molecule has 0 unspecified atom stereocenters. The first-order valence-corrected chi connectivity index (χ1v) is 7.12. The Bertz CT molecular complexity index is 578. The Kier molecular flexibility index (Phi) is 3.06. The van der Waals surface area contributed by atoms with Crippen LogP contribution in [0.1, 0.15) is 17.3 Å². The van der Waals surface area contributed by atoms with Crippen molar-refractivity contribution >= 4 is 27.3 Å². The summed E-state index contributed by atoms with van der Waals surface area (Å²) in [7, 11) is 0. The molecule has 1 fully saturated rings. The normalized spacial score (nSPS) is 20.3. The molecule has 1 aromatic heterocycles. The summed E-state index contributed by atoms with van der Waals surface area (Å²) in [5, 5.41) is 6.43. The van der Waals surface area contributed by atoms with Gasteiger partial charge in [-0.15, -0.1) is 11.3 Å². The lowest BCUT2D eigenvalue weighted by molar-refractivity contribution is 0.0711. The lowest BCUT2D eigenvalue weighted by atomic mass is 10.1. The molecular formula is C14H16N2OS. The van der Waals surface area contributed by atoms with Crippen molar-refractivity contribution < 1.29 is 4.79 Å². The smallest absolute Gasteiger partial charge is 0.255 e. The van der Waals surface area contributed by atoms with Gasteiger partial charge in [0, 0.05) is 41.1 Å². The highest BCUT2D eigenvalue weighted by atomic mass is 32.1. The maximum Gasteiger partial charge on any atom is 0.255 e. The van der Waals surface area contributed by atoms with Gasteiger partial charge in [-0.2, -0.15) is 0 Å². The second-order valence-electron chi connectivity index (χ2n) is 4.75. The third kappa shape index (κ3) is 2.02. The van der Waals surface area contributed by atoms with Crippen molar-refractivity contribution in [1.82, 2.24) is 10.2 Å². The van der Waals surface area contributed by atoms with Crippen molar-refractivity contribution in [2.75, 3.05) is 19.6 Å². The molecule has 94 valence electrons. The number of nitrogens with one attached hydrogen (secondary N) is 1. The van der Waals surface area contributed by atoms with E-state index in [0.717, 1.165) is 30.6 Å². The van der Waals surface area contributed by atoms with Crippen LogP contribution in [-0.2, 0) is 0 Å². The van der Waals surface area contributed by atoms with Crippen LogP contribution in [0.4, 0.5) is 0 Å². The number of fused-ring (bicyclic) bond motifs is 1. The third-order valence-electron chi connectivity index (χ3n) is 3.37. The van der Waals surface area contributed by atoms with Gasteiger partial charge in [0.15, 0.2) is 0 Å². The van der Waals surface area contributed by atoms with E-state index in [4.69, 9.17) is 0 Å². The fourth-order valence-electron chi connectivity index (χ4n) is 2.43. The molecule has 0 bridgehead atoms. The minimum absolute atomic E-state index is 0.167. The standard InChI is InChI=1S/C14H16N2OS/c1-10-8-16(7-6-15-10)14(17)12-9-18-13-5-3-2-4-11(12)13/h2-5,9-10,15H,6-8H2,1H3/t10-/m0/s1. The Balaban J connectivity index is 1.92. The van der Waals surface area contributed by atoms with Crippen LogP contribution >= 0.6 is 11.3 Å². The number of nitrogens with zero attached hydrogens (tertiary/aromatic N) is 1. The zero-order valence-electron chi connectivity index (χ0n) is 10.3. The van der Waals surface area contributed by atoms with E-state index >= 15 is 0 Å². The van der Waals surface area contributed by atoms with Gasteiger partial charge in [0.05, 0.1) is 5.56 Å². The van der Waals surface area contributed by atoms with E-state index in [1.54, 1.807) is 11.3 Å². The SMILES string of the molecule is C[C@H]1CN(C(=O)c2csc3ccccc23)CCN1. The van der Waals surface area contributed by atoms with Crippen molar-refractivity contribution in [1.29, 1.82) is 0 Å². The number of hydrogen-bond acceptors (Lipinski definition) is 3. The largest absolute Gasteiger partial charge is 0.336 e. The van der Waals surface area contributed by atoms with Gasteiger partial charge in [0.25, 0.3) is 5.91 Å². The van der Waals surface area contributed by atoms with Gasteiger partial charge in [0.1, 0.15) is 0 Å². The molecule has 1 saturated heterocycles. The predicted molar refractivity (Wildman–Crippen MR) is 75.2 cm³/mol. The number of thiophene rings is 1. The van der Waals surface area contributed by atoms with E-state index in [0.29, 0.717) is 6.04 Å². The summed E-state index contributed by atoms with van der Waals surface area (Å²) in [6.07, 6.45) is 0. The van der Waals surface area contributed by atoms with Crippen LogP contribution < -0.4 is 5.32 Å². The number of rotatable bonds is 1. The Morgan fingerprint density at radius 2 is 2.28 bits per heavy atom. The summed E-state index contributed by atoms with van der Waals surface area (Å²) < 4.78 is 1.18. The first kappa shape index (κ1) is 11.7. The molecule has 1 aliphatic heterocycles. The van der Waals surface area contributed by atoms with Crippen molar-refractivity contribution in [2.45, 2.75) is 13.0 Å². The quantitative estimate of drug-likeness (QED) is 0.853. The van der Waals surface area contributed by atoms with Crippen LogP contribution in [0.3, 0.4) is 0 Å². The Morgan fingerprint density at radius 1 is 1.44 bits per heavy atom. The van der Waals surface area contributed by atoms with Crippen molar-refractivity contribution in [3.8, 4) is 0 Å². The van der Waals surface area contributed by atoms with Gasteiger partial charge in [-0.1, -0.05) is 18.2 Å². The molecule has 0 aliphatic carbocycles. The van der Waals surface area contributed by atoms with E-state index < -0.39 is 0 Å². The van der Waals surface area contributed by atoms with Gasteiger partial charge in [-0.3, -0.25) is 4.79 Å². The maximum atomic E-state index is 12.5. The number of carbonyl (C=O) groups excluding carboxylic acids is 1. The molecule has 1 N–H and O–H groups in total. The number of amides is 1. The van der Waals surface area contributed by atoms with Crippen LogP contribution in [0.15, 0.2) is 29.6 Å². The van der Waals surface area contributed by atoms with Crippen molar-refractivity contribution in [2.24, 2.45) is 0 Å². The molecule has 0 radical (unpaired) electrons. The third-order valence-corrected chi connectivity index (χ3v) is 4.33. The lowest BCUT2D eigenvalue weighted by Gasteiger charge is -2.31. The van der Waals surface area contributed by atoms with Crippen LogP contribution in [0.25, 0.3) is 10.1 Å². The fraction of sp³-hybridized carbons (Fsp3) is 0.357. The molecule has 3 nitrogen and oxygen atoms in total. The second-order valence-corrected chi connectivity index (χ2v) is 5.66. The fourth-order valence-corrected chi connectivity index (χ4v) is 3.37. The molecule has 3 rings (SSSR count). The molecule has 1 aliphatic rings. The first-order valence-electron chi connectivity index (χ1n) is 6.24. The summed E-state index contributed by atoms with van der Waals surface area (Å²) in [5.41, 5.74) is 0.852. The molecule has 2 aromatic rings. The maximum absolute atomic E-state index is 12.5. The van der Waals surface area contributed by atoms with E-state index in [2.05, 4.69) is 18.3 Å².